The highest BCUT2D eigenvalue weighted by molar-refractivity contribution is 8.00. The second-order valence-electron chi connectivity index (χ2n) is 7.88. The van der Waals surface area contributed by atoms with Crippen LogP contribution in [0.5, 0.6) is 0 Å². The SMILES string of the molecule is CO/N=C(\C(=O)N[C@@H]1C(=O)N2C(C(=O)[O-])=C(Cc3cn(O)[n+]4ccccc34)CS[C@H]12)c1csc(N)n1. The fourth-order valence-electron chi connectivity index (χ4n) is 4.21. The van der Waals surface area contributed by atoms with Crippen LogP contribution in [0.15, 0.2) is 52.4 Å². The van der Waals surface area contributed by atoms with E-state index in [2.05, 4.69) is 15.5 Å². The molecule has 2 aliphatic rings. The number of aliphatic carboxylic acids is 1. The highest BCUT2D eigenvalue weighted by atomic mass is 32.2. The number of nitrogens with two attached hydrogens (primary N) is 1. The van der Waals surface area contributed by atoms with E-state index in [9.17, 15) is 24.7 Å². The molecule has 0 saturated carbocycles. The predicted octanol–water partition coefficient (Wildman–Crippen LogP) is -1.50. The number of carbonyl (C=O) groups is 3. The van der Waals surface area contributed by atoms with Gasteiger partial charge in [0, 0.05) is 34.5 Å². The predicted molar refractivity (Wildman–Crippen MR) is 126 cm³/mol. The van der Waals surface area contributed by atoms with Gasteiger partial charge in [-0.25, -0.2) is 4.98 Å². The van der Waals surface area contributed by atoms with Crippen molar-refractivity contribution < 1.29 is 34.1 Å². The van der Waals surface area contributed by atoms with Crippen LogP contribution in [0.25, 0.3) is 5.52 Å². The first-order chi connectivity index (χ1) is 17.3. The molecule has 186 valence electrons. The number of nitrogen functional groups attached to an aromatic ring is 1. The standard InChI is InChI=1S/C21H19N7O6S2/c1-34-25-14(12-9-36-21(22)23-12)17(29)24-15-18(30)28-16(20(31)32)11(8-35-19(15)28)6-10-7-27(33)26-5-3-2-4-13(10)26/h2-5,7,9,15,19H,6,8H2,1H3,(H4-,22,23,24,29,31,32,33)/b25-14-/t15-,19-/m1/s1. The van der Waals surface area contributed by atoms with Gasteiger partial charge in [0.15, 0.2) is 10.8 Å². The van der Waals surface area contributed by atoms with Gasteiger partial charge in [0.25, 0.3) is 11.8 Å². The Kier molecular flexibility index (Phi) is 6.01. The second-order valence-corrected chi connectivity index (χ2v) is 9.87. The summed E-state index contributed by atoms with van der Waals surface area (Å²) in [5, 5.41) is 29.6. The van der Waals surface area contributed by atoms with E-state index in [-0.39, 0.29) is 34.4 Å². The first-order valence-electron chi connectivity index (χ1n) is 10.5. The Balaban J connectivity index is 1.38. The number of pyridine rings is 1. The van der Waals surface area contributed by atoms with Gasteiger partial charge in [-0.3, -0.25) is 14.5 Å². The number of anilines is 1. The highest BCUT2D eigenvalue weighted by Gasteiger charge is 2.53. The van der Waals surface area contributed by atoms with Gasteiger partial charge in [-0.2, -0.15) is 0 Å². The Hall–Kier alpha value is -4.11. The summed E-state index contributed by atoms with van der Waals surface area (Å²) < 4.78 is 1.50. The Morgan fingerprint density at radius 3 is 2.94 bits per heavy atom. The lowest BCUT2D eigenvalue weighted by Crippen LogP contribution is -2.71. The van der Waals surface area contributed by atoms with Gasteiger partial charge in [0.1, 0.15) is 30.4 Å². The van der Waals surface area contributed by atoms with Crippen molar-refractivity contribution in [3.05, 3.63) is 58.5 Å². The van der Waals surface area contributed by atoms with Crippen LogP contribution in [0.4, 0.5) is 5.13 Å². The summed E-state index contributed by atoms with van der Waals surface area (Å²) in [5.41, 5.74) is 7.26. The first-order valence-corrected chi connectivity index (χ1v) is 12.4. The van der Waals surface area contributed by atoms with E-state index < -0.39 is 29.2 Å². The highest BCUT2D eigenvalue weighted by Crippen LogP contribution is 2.41. The van der Waals surface area contributed by atoms with E-state index in [4.69, 9.17) is 10.6 Å². The molecule has 2 aliphatic heterocycles. The minimum atomic E-state index is -1.49. The minimum Gasteiger partial charge on any atom is -0.543 e. The molecule has 0 bridgehead atoms. The average Bonchev–Trinajstić information content (AvgIpc) is 3.43. The number of thioether (sulfide) groups is 1. The maximum atomic E-state index is 13.0. The van der Waals surface area contributed by atoms with Gasteiger partial charge in [-0.05, 0) is 16.2 Å². The van der Waals surface area contributed by atoms with E-state index in [1.54, 1.807) is 24.4 Å². The van der Waals surface area contributed by atoms with E-state index in [0.29, 0.717) is 16.7 Å². The summed E-state index contributed by atoms with van der Waals surface area (Å²) in [4.78, 5) is 48.8. The van der Waals surface area contributed by atoms with Crippen molar-refractivity contribution in [3.8, 4) is 0 Å². The number of hydrogen-bond acceptors (Lipinski definition) is 11. The van der Waals surface area contributed by atoms with Crippen molar-refractivity contribution in [2.45, 2.75) is 17.8 Å². The van der Waals surface area contributed by atoms with E-state index in [1.165, 1.54) is 35.0 Å². The molecule has 36 heavy (non-hydrogen) atoms. The minimum absolute atomic E-state index is 0.160. The summed E-state index contributed by atoms with van der Waals surface area (Å²) in [6, 6.07) is 4.35. The number of nitrogens with one attached hydrogen (secondary N) is 1. The zero-order chi connectivity index (χ0) is 25.6. The molecule has 2 atom stereocenters. The maximum absolute atomic E-state index is 13.0. The third-order valence-electron chi connectivity index (χ3n) is 5.75. The Morgan fingerprint density at radius 1 is 1.44 bits per heavy atom. The van der Waals surface area contributed by atoms with Gasteiger partial charge < -0.3 is 31.0 Å². The molecule has 5 rings (SSSR count). The molecule has 0 radical (unpaired) electrons. The van der Waals surface area contributed by atoms with Crippen LogP contribution in [0.1, 0.15) is 11.3 Å². The number of rotatable bonds is 7. The number of aromatic nitrogens is 3. The monoisotopic (exact) mass is 529 g/mol. The van der Waals surface area contributed by atoms with Crippen molar-refractivity contribution in [1.82, 2.24) is 20.0 Å². The number of oxime groups is 1. The van der Waals surface area contributed by atoms with Crippen LogP contribution in [-0.4, -0.2) is 67.7 Å². The number of nitrogens with zero attached hydrogens (tertiary/aromatic N) is 5. The Labute approximate surface area is 211 Å². The van der Waals surface area contributed by atoms with Crippen LogP contribution >= 0.6 is 23.1 Å². The lowest BCUT2D eigenvalue weighted by molar-refractivity contribution is -0.647. The second kappa shape index (κ2) is 9.16. The fraction of sp³-hybridized carbons (Fsp3) is 0.238. The van der Waals surface area contributed by atoms with Crippen LogP contribution in [0, 0.1) is 0 Å². The van der Waals surface area contributed by atoms with Crippen LogP contribution in [-0.2, 0) is 25.6 Å². The molecule has 15 heteroatoms. The lowest BCUT2D eigenvalue weighted by atomic mass is 9.99. The summed E-state index contributed by atoms with van der Waals surface area (Å²) in [5.74, 6) is -2.51. The number of carboxylic acids is 1. The van der Waals surface area contributed by atoms with Gasteiger partial charge in [-0.1, -0.05) is 5.16 Å². The number of hydrogen-bond donors (Lipinski definition) is 3. The number of carbonyl (C=O) groups excluding carboxylic acids is 3. The average molecular weight is 530 g/mol. The molecular weight excluding hydrogens is 510 g/mol. The van der Waals surface area contributed by atoms with E-state index in [1.807, 2.05) is 0 Å². The molecular formula is C21H19N7O6S2. The number of amides is 2. The number of thiazole rings is 1. The van der Waals surface area contributed by atoms with Gasteiger partial charge in [0.05, 0.1) is 17.2 Å². The van der Waals surface area contributed by atoms with Crippen molar-refractivity contribution in [2.24, 2.45) is 5.16 Å². The molecule has 0 unspecified atom stereocenters. The van der Waals surface area contributed by atoms with Gasteiger partial charge in [-0.15, -0.1) is 23.1 Å². The number of carboxylic acid groups (broad SMARTS) is 1. The largest absolute Gasteiger partial charge is 0.543 e. The van der Waals surface area contributed by atoms with E-state index in [0.717, 1.165) is 21.1 Å². The number of β-lactam (4-membered cyclic amide) rings is 1. The molecule has 0 spiro atoms. The third kappa shape index (κ3) is 3.91. The molecule has 5 heterocycles. The van der Waals surface area contributed by atoms with Crippen LogP contribution in [0.3, 0.4) is 0 Å². The van der Waals surface area contributed by atoms with Crippen molar-refractivity contribution in [2.75, 3.05) is 18.6 Å². The number of fused-ring (bicyclic) bond motifs is 2. The third-order valence-corrected chi connectivity index (χ3v) is 7.77. The van der Waals surface area contributed by atoms with Gasteiger partial charge >= 0.3 is 0 Å². The molecule has 0 aliphatic carbocycles. The zero-order valence-electron chi connectivity index (χ0n) is 18.7. The quantitative estimate of drug-likeness (QED) is 0.108. The molecule has 3 aromatic heterocycles. The van der Waals surface area contributed by atoms with Crippen molar-refractivity contribution in [3.63, 3.8) is 0 Å². The normalized spacial score (nSPS) is 19.8. The smallest absolute Gasteiger partial charge is 0.276 e. The maximum Gasteiger partial charge on any atom is 0.276 e. The molecule has 13 nitrogen and oxygen atoms in total. The van der Waals surface area contributed by atoms with Crippen molar-refractivity contribution >= 4 is 57.2 Å². The molecule has 2 amide bonds. The molecule has 0 aromatic carbocycles. The summed E-state index contributed by atoms with van der Waals surface area (Å²) in [7, 11) is 1.27. The molecule has 3 aromatic rings. The fourth-order valence-corrected chi connectivity index (χ4v) is 6.10. The molecule has 1 fully saturated rings. The van der Waals surface area contributed by atoms with E-state index >= 15 is 0 Å². The van der Waals surface area contributed by atoms with Crippen LogP contribution < -0.4 is 20.7 Å². The Morgan fingerprint density at radius 2 is 2.25 bits per heavy atom. The molecule has 1 saturated heterocycles. The topological polar surface area (TPSA) is 179 Å². The van der Waals surface area contributed by atoms with Crippen LogP contribution in [0.2, 0.25) is 0 Å². The summed E-state index contributed by atoms with van der Waals surface area (Å²) >= 11 is 2.43. The molecule has 4 N–H and O–H groups in total. The van der Waals surface area contributed by atoms with Gasteiger partial charge in [0.2, 0.25) is 11.7 Å². The lowest BCUT2D eigenvalue weighted by Gasteiger charge is -2.50. The summed E-state index contributed by atoms with van der Waals surface area (Å²) in [6.45, 7) is 0. The Bertz CT molecular complexity index is 1460. The zero-order valence-corrected chi connectivity index (χ0v) is 20.3. The van der Waals surface area contributed by atoms with Crippen molar-refractivity contribution in [1.29, 1.82) is 0 Å². The summed E-state index contributed by atoms with van der Waals surface area (Å²) in [6.07, 6.45) is 3.32. The first kappa shape index (κ1) is 23.6.